The monoisotopic (exact) mass is 346 g/mol. The van der Waals surface area contributed by atoms with Crippen LogP contribution >= 0.6 is 0 Å². The number of amides is 1. The highest BCUT2D eigenvalue weighted by molar-refractivity contribution is 6.03. The quantitative estimate of drug-likeness (QED) is 0.784. The second-order valence-electron chi connectivity index (χ2n) is 5.87. The molecule has 0 aliphatic heterocycles. The Kier molecular flexibility index (Phi) is 4.72. The molecule has 0 aliphatic carbocycles. The van der Waals surface area contributed by atoms with E-state index in [4.69, 9.17) is 10.00 Å². The third-order valence-electron chi connectivity index (χ3n) is 4.07. The summed E-state index contributed by atoms with van der Waals surface area (Å²) in [6, 6.07) is 16.3. The summed E-state index contributed by atoms with van der Waals surface area (Å²) >= 11 is 0. The highest BCUT2D eigenvalue weighted by Gasteiger charge is 2.15. The van der Waals surface area contributed by atoms with Crippen LogP contribution in [0, 0.1) is 18.3 Å². The fourth-order valence-corrected chi connectivity index (χ4v) is 2.71. The van der Waals surface area contributed by atoms with Crippen LogP contribution in [0.25, 0.3) is 11.3 Å². The molecule has 1 heterocycles. The van der Waals surface area contributed by atoms with E-state index < -0.39 is 0 Å². The zero-order chi connectivity index (χ0) is 18.7. The molecule has 0 saturated heterocycles. The summed E-state index contributed by atoms with van der Waals surface area (Å²) in [4.78, 5) is 12.5. The summed E-state index contributed by atoms with van der Waals surface area (Å²) in [5.74, 6) is 0.511. The van der Waals surface area contributed by atoms with Crippen LogP contribution in [0.15, 0.2) is 48.5 Å². The van der Waals surface area contributed by atoms with Crippen LogP contribution in [0.5, 0.6) is 5.75 Å². The Morgan fingerprint density at radius 1 is 1.19 bits per heavy atom. The van der Waals surface area contributed by atoms with Gasteiger partial charge in [-0.1, -0.05) is 0 Å². The average molecular weight is 346 g/mol. The molecule has 3 aromatic rings. The van der Waals surface area contributed by atoms with Gasteiger partial charge >= 0.3 is 0 Å². The van der Waals surface area contributed by atoms with Crippen LogP contribution in [-0.4, -0.2) is 22.8 Å². The van der Waals surface area contributed by atoms with Crippen LogP contribution in [-0.2, 0) is 7.05 Å². The minimum Gasteiger partial charge on any atom is -0.496 e. The number of carbonyl (C=O) groups excluding carboxylic acids is 1. The number of hydrogen-bond donors (Lipinski definition) is 1. The molecule has 0 atom stereocenters. The summed E-state index contributed by atoms with van der Waals surface area (Å²) in [5.41, 5.74) is 4.27. The molecular formula is C20H18N4O2. The van der Waals surface area contributed by atoms with Crippen molar-refractivity contribution in [1.29, 1.82) is 5.26 Å². The number of rotatable bonds is 4. The topological polar surface area (TPSA) is 79.9 Å². The summed E-state index contributed by atoms with van der Waals surface area (Å²) in [6.07, 6.45) is 0. The van der Waals surface area contributed by atoms with Gasteiger partial charge in [-0.2, -0.15) is 10.4 Å². The SMILES string of the molecule is COc1ccc(-c2cc(C(=O)Nc3ccc(C#N)cc3)nn2C)cc1C. The smallest absolute Gasteiger partial charge is 0.276 e. The van der Waals surface area contributed by atoms with Gasteiger partial charge in [-0.3, -0.25) is 9.48 Å². The fraction of sp³-hybridized carbons (Fsp3) is 0.150. The molecule has 130 valence electrons. The van der Waals surface area contributed by atoms with Gasteiger partial charge in [-0.25, -0.2) is 0 Å². The largest absolute Gasteiger partial charge is 0.496 e. The zero-order valence-electron chi connectivity index (χ0n) is 14.8. The molecule has 26 heavy (non-hydrogen) atoms. The Morgan fingerprint density at radius 3 is 2.54 bits per heavy atom. The number of hydrogen-bond acceptors (Lipinski definition) is 4. The minimum absolute atomic E-state index is 0.304. The predicted octanol–water partition coefficient (Wildman–Crippen LogP) is 3.53. The Hall–Kier alpha value is -3.59. The first kappa shape index (κ1) is 17.2. The van der Waals surface area contributed by atoms with E-state index in [1.54, 1.807) is 49.2 Å². The van der Waals surface area contributed by atoms with Crippen molar-refractivity contribution in [1.82, 2.24) is 9.78 Å². The average Bonchev–Trinajstić information content (AvgIpc) is 3.04. The lowest BCUT2D eigenvalue weighted by atomic mass is 10.1. The molecule has 0 radical (unpaired) electrons. The second kappa shape index (κ2) is 7.11. The number of anilines is 1. The molecule has 0 spiro atoms. The van der Waals surface area contributed by atoms with Crippen LogP contribution in [0.1, 0.15) is 21.6 Å². The normalized spacial score (nSPS) is 10.2. The van der Waals surface area contributed by atoms with Crippen LogP contribution < -0.4 is 10.1 Å². The number of nitrogens with one attached hydrogen (secondary N) is 1. The van der Waals surface area contributed by atoms with E-state index in [1.165, 1.54) is 0 Å². The van der Waals surface area contributed by atoms with Gasteiger partial charge in [0.15, 0.2) is 5.69 Å². The number of methoxy groups -OCH3 is 1. The van der Waals surface area contributed by atoms with Gasteiger partial charge in [0.25, 0.3) is 5.91 Å². The molecule has 6 heteroatoms. The molecule has 0 aliphatic rings. The van der Waals surface area contributed by atoms with Gasteiger partial charge in [0.1, 0.15) is 5.75 Å². The summed E-state index contributed by atoms with van der Waals surface area (Å²) in [5, 5.41) is 15.9. The molecule has 1 N–H and O–H groups in total. The number of carbonyl (C=O) groups is 1. The Morgan fingerprint density at radius 2 is 1.92 bits per heavy atom. The van der Waals surface area contributed by atoms with E-state index in [9.17, 15) is 4.79 Å². The van der Waals surface area contributed by atoms with Crippen LogP contribution in [0.2, 0.25) is 0 Å². The Labute approximate surface area is 151 Å². The van der Waals surface area contributed by atoms with E-state index in [0.717, 1.165) is 22.6 Å². The standard InChI is InChI=1S/C20H18N4O2/c1-13-10-15(6-9-19(13)26-3)18-11-17(23-24(18)2)20(25)22-16-7-4-14(12-21)5-8-16/h4-11H,1-3H3,(H,22,25). The van der Waals surface area contributed by atoms with E-state index in [1.807, 2.05) is 31.2 Å². The number of aryl methyl sites for hydroxylation is 2. The first-order chi connectivity index (χ1) is 12.5. The molecular weight excluding hydrogens is 328 g/mol. The van der Waals surface area contributed by atoms with Crippen molar-refractivity contribution in [3.63, 3.8) is 0 Å². The van der Waals surface area contributed by atoms with Gasteiger partial charge < -0.3 is 10.1 Å². The maximum Gasteiger partial charge on any atom is 0.276 e. The van der Waals surface area contributed by atoms with E-state index in [-0.39, 0.29) is 5.91 Å². The van der Waals surface area contributed by atoms with Gasteiger partial charge in [-0.15, -0.1) is 0 Å². The third-order valence-corrected chi connectivity index (χ3v) is 4.07. The van der Waals surface area contributed by atoms with Crippen molar-refractivity contribution in [3.05, 3.63) is 65.4 Å². The van der Waals surface area contributed by atoms with Gasteiger partial charge in [0.05, 0.1) is 24.4 Å². The van der Waals surface area contributed by atoms with Crippen molar-refractivity contribution in [2.45, 2.75) is 6.92 Å². The molecule has 1 amide bonds. The predicted molar refractivity (Wildman–Crippen MR) is 99.0 cm³/mol. The lowest BCUT2D eigenvalue weighted by molar-refractivity contribution is 0.102. The van der Waals surface area contributed by atoms with Gasteiger partial charge in [-0.05, 0) is 61.0 Å². The van der Waals surface area contributed by atoms with Crippen molar-refractivity contribution >= 4 is 11.6 Å². The van der Waals surface area contributed by atoms with Crippen molar-refractivity contribution in [3.8, 4) is 23.1 Å². The lowest BCUT2D eigenvalue weighted by Gasteiger charge is -2.07. The summed E-state index contributed by atoms with van der Waals surface area (Å²) in [6.45, 7) is 1.97. The molecule has 0 unspecified atom stereocenters. The highest BCUT2D eigenvalue weighted by atomic mass is 16.5. The lowest BCUT2D eigenvalue weighted by Crippen LogP contribution is -2.12. The Bertz CT molecular complexity index is 998. The van der Waals surface area contributed by atoms with Crippen molar-refractivity contribution < 1.29 is 9.53 Å². The van der Waals surface area contributed by atoms with Gasteiger partial charge in [0.2, 0.25) is 0 Å². The maximum absolute atomic E-state index is 12.5. The number of ether oxygens (including phenoxy) is 1. The third kappa shape index (κ3) is 3.42. The van der Waals surface area contributed by atoms with Crippen LogP contribution in [0.3, 0.4) is 0 Å². The Balaban J connectivity index is 1.84. The van der Waals surface area contributed by atoms with Crippen LogP contribution in [0.4, 0.5) is 5.69 Å². The second-order valence-corrected chi connectivity index (χ2v) is 5.87. The molecule has 2 aromatic carbocycles. The first-order valence-corrected chi connectivity index (χ1v) is 8.02. The van der Waals surface area contributed by atoms with E-state index in [2.05, 4.69) is 10.4 Å². The number of benzene rings is 2. The number of aromatic nitrogens is 2. The molecule has 0 bridgehead atoms. The first-order valence-electron chi connectivity index (χ1n) is 8.02. The van der Waals surface area contributed by atoms with Crippen molar-refractivity contribution in [2.75, 3.05) is 12.4 Å². The molecule has 3 rings (SSSR count). The van der Waals surface area contributed by atoms with E-state index >= 15 is 0 Å². The maximum atomic E-state index is 12.5. The van der Waals surface area contributed by atoms with Crippen molar-refractivity contribution in [2.24, 2.45) is 7.05 Å². The zero-order valence-corrected chi connectivity index (χ0v) is 14.8. The molecule has 6 nitrogen and oxygen atoms in total. The molecule has 0 saturated carbocycles. The number of nitriles is 1. The molecule has 1 aromatic heterocycles. The summed E-state index contributed by atoms with van der Waals surface area (Å²) < 4.78 is 6.96. The highest BCUT2D eigenvalue weighted by Crippen LogP contribution is 2.26. The number of nitrogens with zero attached hydrogens (tertiary/aromatic N) is 3. The summed E-state index contributed by atoms with van der Waals surface area (Å²) in [7, 11) is 3.44. The molecule has 0 fully saturated rings. The fourth-order valence-electron chi connectivity index (χ4n) is 2.71. The van der Waals surface area contributed by atoms with E-state index in [0.29, 0.717) is 16.9 Å². The van der Waals surface area contributed by atoms with Gasteiger partial charge in [0, 0.05) is 18.3 Å². The minimum atomic E-state index is -0.304.